The summed E-state index contributed by atoms with van der Waals surface area (Å²) in [6.07, 6.45) is 3.35. The molecule has 6 heteroatoms. The summed E-state index contributed by atoms with van der Waals surface area (Å²) >= 11 is 6.19. The molecule has 1 saturated carbocycles. The number of ether oxygens (including phenoxy) is 3. The van der Waals surface area contributed by atoms with E-state index in [2.05, 4.69) is 0 Å². The molecule has 2 heterocycles. The molecule has 3 aliphatic rings. The van der Waals surface area contributed by atoms with Crippen molar-refractivity contribution in [2.75, 3.05) is 24.7 Å². The van der Waals surface area contributed by atoms with Crippen LogP contribution >= 0.6 is 11.6 Å². The Morgan fingerprint density at radius 2 is 1.91 bits per heavy atom. The summed E-state index contributed by atoms with van der Waals surface area (Å²) in [6.45, 7) is 1.38. The van der Waals surface area contributed by atoms with E-state index in [1.54, 1.807) is 6.07 Å². The Morgan fingerprint density at radius 3 is 2.64 bits per heavy atom. The van der Waals surface area contributed by atoms with Crippen LogP contribution in [0.4, 0.5) is 5.69 Å². The van der Waals surface area contributed by atoms with Crippen LogP contribution in [0.15, 0.2) is 18.2 Å². The number of hydrogen-bond acceptors (Lipinski definition) is 4. The number of amides is 1. The Balaban J connectivity index is 1.58. The molecule has 0 unspecified atom stereocenters. The van der Waals surface area contributed by atoms with Crippen LogP contribution in [-0.2, 0) is 14.3 Å². The van der Waals surface area contributed by atoms with E-state index >= 15 is 0 Å². The standard InChI is InChI=1S/C16H18ClNO4/c17-12-2-1-3-13-15(12)20-10-14(19)18(13)11-4-6-16(7-5-11)21-8-9-22-16/h1-3,11H,4-10H2. The average molecular weight is 324 g/mol. The first-order chi connectivity index (χ1) is 10.7. The monoisotopic (exact) mass is 323 g/mol. The molecule has 2 aliphatic heterocycles. The lowest BCUT2D eigenvalue weighted by Gasteiger charge is -2.42. The van der Waals surface area contributed by atoms with Crippen molar-refractivity contribution in [1.29, 1.82) is 0 Å². The van der Waals surface area contributed by atoms with Crippen LogP contribution in [-0.4, -0.2) is 37.6 Å². The van der Waals surface area contributed by atoms with Gasteiger partial charge in [0.2, 0.25) is 0 Å². The summed E-state index contributed by atoms with van der Waals surface area (Å²) in [7, 11) is 0. The Hall–Kier alpha value is -1.30. The molecule has 2 fully saturated rings. The molecule has 4 rings (SSSR count). The van der Waals surface area contributed by atoms with Gasteiger partial charge in [-0.25, -0.2) is 0 Å². The van der Waals surface area contributed by atoms with Crippen LogP contribution in [0.1, 0.15) is 25.7 Å². The Bertz CT molecular complexity index is 590. The molecule has 1 amide bonds. The molecule has 0 atom stereocenters. The molecule has 1 spiro atoms. The number of hydrogen-bond donors (Lipinski definition) is 0. The molecule has 1 aromatic rings. The molecule has 0 aromatic heterocycles. The van der Waals surface area contributed by atoms with E-state index in [-0.39, 0.29) is 18.6 Å². The highest BCUT2D eigenvalue weighted by Crippen LogP contribution is 2.43. The minimum absolute atomic E-state index is 0.0102. The smallest absolute Gasteiger partial charge is 0.265 e. The zero-order chi connectivity index (χ0) is 15.2. The Morgan fingerprint density at radius 1 is 1.18 bits per heavy atom. The van der Waals surface area contributed by atoms with Gasteiger partial charge in [-0.1, -0.05) is 17.7 Å². The Labute approximate surface area is 134 Å². The topological polar surface area (TPSA) is 48.0 Å². The van der Waals surface area contributed by atoms with Crippen molar-refractivity contribution in [2.45, 2.75) is 37.5 Å². The van der Waals surface area contributed by atoms with E-state index in [9.17, 15) is 4.79 Å². The van der Waals surface area contributed by atoms with E-state index in [1.165, 1.54) is 0 Å². The highest BCUT2D eigenvalue weighted by Gasteiger charge is 2.43. The number of para-hydroxylation sites is 1. The van der Waals surface area contributed by atoms with Crippen LogP contribution in [0.5, 0.6) is 5.75 Å². The lowest BCUT2D eigenvalue weighted by molar-refractivity contribution is -0.179. The number of nitrogens with zero attached hydrogens (tertiary/aromatic N) is 1. The van der Waals surface area contributed by atoms with Gasteiger partial charge in [0.25, 0.3) is 5.91 Å². The zero-order valence-electron chi connectivity index (χ0n) is 12.2. The van der Waals surface area contributed by atoms with Crippen molar-refractivity contribution >= 4 is 23.2 Å². The zero-order valence-corrected chi connectivity index (χ0v) is 13.0. The van der Waals surface area contributed by atoms with Gasteiger partial charge in [0.15, 0.2) is 18.1 Å². The van der Waals surface area contributed by atoms with Crippen molar-refractivity contribution < 1.29 is 19.0 Å². The maximum Gasteiger partial charge on any atom is 0.265 e. The molecule has 1 saturated heterocycles. The fraction of sp³-hybridized carbons (Fsp3) is 0.562. The van der Waals surface area contributed by atoms with Crippen molar-refractivity contribution in [1.82, 2.24) is 0 Å². The minimum Gasteiger partial charge on any atom is -0.480 e. The molecule has 0 bridgehead atoms. The highest BCUT2D eigenvalue weighted by atomic mass is 35.5. The summed E-state index contributed by atoms with van der Waals surface area (Å²) in [5.41, 5.74) is 0.776. The molecule has 1 aliphatic carbocycles. The number of benzene rings is 1. The van der Waals surface area contributed by atoms with Gasteiger partial charge < -0.3 is 19.1 Å². The van der Waals surface area contributed by atoms with E-state index < -0.39 is 5.79 Å². The summed E-state index contributed by atoms with van der Waals surface area (Å²) in [5, 5.41) is 0.546. The number of carbonyl (C=O) groups is 1. The molecular formula is C16H18ClNO4. The number of rotatable bonds is 1. The van der Waals surface area contributed by atoms with Gasteiger partial charge in [-0.3, -0.25) is 4.79 Å². The molecular weight excluding hydrogens is 306 g/mol. The van der Waals surface area contributed by atoms with Gasteiger partial charge in [0.1, 0.15) is 0 Å². The number of fused-ring (bicyclic) bond motifs is 1. The van der Waals surface area contributed by atoms with Gasteiger partial charge in [-0.2, -0.15) is 0 Å². The third-order valence-electron chi connectivity index (χ3n) is 4.71. The van der Waals surface area contributed by atoms with Crippen molar-refractivity contribution in [2.24, 2.45) is 0 Å². The van der Waals surface area contributed by atoms with Crippen LogP contribution in [0, 0.1) is 0 Å². The minimum atomic E-state index is -0.414. The number of halogens is 1. The van der Waals surface area contributed by atoms with Crippen molar-refractivity contribution in [3.63, 3.8) is 0 Å². The van der Waals surface area contributed by atoms with Gasteiger partial charge in [0, 0.05) is 18.9 Å². The van der Waals surface area contributed by atoms with Gasteiger partial charge >= 0.3 is 0 Å². The lowest BCUT2D eigenvalue weighted by Crippen LogP contribution is -2.50. The first kappa shape index (κ1) is 14.3. The third-order valence-corrected chi connectivity index (χ3v) is 5.01. The predicted octanol–water partition coefficient (Wildman–Crippen LogP) is 2.75. The van der Waals surface area contributed by atoms with E-state index in [0.29, 0.717) is 24.0 Å². The van der Waals surface area contributed by atoms with Crippen LogP contribution in [0.2, 0.25) is 5.02 Å². The molecule has 22 heavy (non-hydrogen) atoms. The second-order valence-electron chi connectivity index (χ2n) is 5.98. The SMILES string of the molecule is O=C1COc2c(Cl)cccc2N1C1CCC2(CC1)OCCO2. The summed E-state index contributed by atoms with van der Waals surface area (Å²) in [5.74, 6) is 0.185. The number of anilines is 1. The van der Waals surface area contributed by atoms with Crippen LogP contribution in [0.25, 0.3) is 0 Å². The van der Waals surface area contributed by atoms with Gasteiger partial charge in [-0.15, -0.1) is 0 Å². The maximum atomic E-state index is 12.4. The van der Waals surface area contributed by atoms with E-state index in [0.717, 1.165) is 31.4 Å². The third kappa shape index (κ3) is 2.28. The quantitative estimate of drug-likeness (QED) is 0.797. The van der Waals surface area contributed by atoms with E-state index in [4.69, 9.17) is 25.8 Å². The van der Waals surface area contributed by atoms with Gasteiger partial charge in [0.05, 0.1) is 23.9 Å². The molecule has 1 aromatic carbocycles. The Kier molecular flexibility index (Phi) is 3.51. The first-order valence-corrected chi connectivity index (χ1v) is 8.08. The highest BCUT2D eigenvalue weighted by molar-refractivity contribution is 6.32. The van der Waals surface area contributed by atoms with Gasteiger partial charge in [-0.05, 0) is 25.0 Å². The molecule has 0 N–H and O–H groups in total. The summed E-state index contributed by atoms with van der Waals surface area (Å²) < 4.78 is 17.0. The summed E-state index contributed by atoms with van der Waals surface area (Å²) in [4.78, 5) is 14.2. The van der Waals surface area contributed by atoms with E-state index in [1.807, 2.05) is 17.0 Å². The average Bonchev–Trinajstić information content (AvgIpc) is 2.97. The molecule has 5 nitrogen and oxygen atoms in total. The maximum absolute atomic E-state index is 12.4. The predicted molar refractivity (Wildman–Crippen MR) is 81.3 cm³/mol. The first-order valence-electron chi connectivity index (χ1n) is 7.70. The van der Waals surface area contributed by atoms with Crippen LogP contribution < -0.4 is 9.64 Å². The normalized spacial score (nSPS) is 24.4. The molecule has 118 valence electrons. The fourth-order valence-corrected chi connectivity index (χ4v) is 3.88. The lowest BCUT2D eigenvalue weighted by atomic mass is 9.88. The second kappa shape index (κ2) is 5.41. The van der Waals surface area contributed by atoms with Crippen LogP contribution in [0.3, 0.4) is 0 Å². The number of carbonyl (C=O) groups excluding carboxylic acids is 1. The van der Waals surface area contributed by atoms with Crippen molar-refractivity contribution in [3.8, 4) is 5.75 Å². The summed E-state index contributed by atoms with van der Waals surface area (Å²) in [6, 6.07) is 5.67. The fourth-order valence-electron chi connectivity index (χ4n) is 3.65. The second-order valence-corrected chi connectivity index (χ2v) is 6.39. The molecule has 0 radical (unpaired) electrons. The largest absolute Gasteiger partial charge is 0.480 e. The van der Waals surface area contributed by atoms with Crippen molar-refractivity contribution in [3.05, 3.63) is 23.2 Å².